The van der Waals surface area contributed by atoms with Gasteiger partial charge < -0.3 is 74.0 Å². The number of amides is 7. The van der Waals surface area contributed by atoms with Gasteiger partial charge in [-0.25, -0.2) is 9.36 Å². The molecule has 364 valence electrons. The number of hydrogen-bond acceptors (Lipinski definition) is 14. The van der Waals surface area contributed by atoms with Crippen molar-refractivity contribution in [1.82, 2.24) is 36.8 Å². The maximum atomic E-state index is 13.7. The van der Waals surface area contributed by atoms with E-state index in [1.165, 1.54) is 18.7 Å². The summed E-state index contributed by atoms with van der Waals surface area (Å²) in [6, 6.07) is -9.79. The topological polar surface area (TPSA) is 476 Å². The van der Waals surface area contributed by atoms with Crippen molar-refractivity contribution in [2.24, 2.45) is 33.7 Å². The lowest BCUT2D eigenvalue weighted by Gasteiger charge is -2.30. The number of nitrogens with two attached hydrogens (primary N) is 5. The molecule has 0 bridgehead atoms. The highest BCUT2D eigenvalue weighted by atomic mass is 32.2. The van der Waals surface area contributed by atoms with Crippen LogP contribution in [0.1, 0.15) is 58.8 Å². The standard InChI is InChI=1S/C34H63N14O14PS/c1-17(26(51)44-20(8-5-12-41-34(38)39)28(53)45-21(32(57)58)10-14-64-3)43-29(54)23-9-6-13-48(23)31(56)22(16-49)46-30(55)25(18(2)62-63(59,60)61)47-24(50)15-42-27(52)19(35)7-4-11-40-33(36)37/h17-23,25,49H,4-16,35H2,1-3H3,(H,42,52)(H,43,54)(H,44,51)(H,45,53)(H,46,55)(H,47,50)(H,57,58)(H4,36,37,40)(H4,38,39,41)(H2,59,60,61)/p+1/t17-,18+,19-,20-,21-,22-,23-,25-/m0/s1. The molecule has 7 amide bonds. The van der Waals surface area contributed by atoms with E-state index in [0.717, 1.165) is 11.8 Å². The van der Waals surface area contributed by atoms with Crippen LogP contribution in [-0.2, 0) is 47.4 Å². The van der Waals surface area contributed by atoms with E-state index in [9.17, 15) is 62.9 Å². The monoisotopic (exact) mass is 955 g/mol. The van der Waals surface area contributed by atoms with Crippen molar-refractivity contribution in [2.45, 2.75) is 107 Å². The lowest BCUT2D eigenvalue weighted by Crippen LogP contribution is -2.78. The molecule has 28 nitrogen and oxygen atoms in total. The molecular weight excluding hydrogens is 891 g/mol. The van der Waals surface area contributed by atoms with E-state index in [-0.39, 0.29) is 70.1 Å². The van der Waals surface area contributed by atoms with E-state index in [1.807, 2.05) is 0 Å². The largest absolute Gasteiger partial charge is 0.480 e. The van der Waals surface area contributed by atoms with E-state index < -0.39 is 117 Å². The number of carbonyl (C=O) groups is 8. The molecule has 1 saturated heterocycles. The fraction of sp³-hybridized carbons (Fsp3) is 0.706. The molecule has 30 heteroatoms. The van der Waals surface area contributed by atoms with Gasteiger partial charge in [0.15, 0.2) is 5.96 Å². The van der Waals surface area contributed by atoms with Crippen LogP contribution in [0.3, 0.4) is 0 Å². The van der Waals surface area contributed by atoms with Gasteiger partial charge in [0.25, 0.3) is 0 Å². The molecule has 0 aliphatic carbocycles. The van der Waals surface area contributed by atoms with Crippen LogP contribution in [-0.4, -0.2) is 177 Å². The number of rotatable bonds is 29. The third-order valence-corrected chi connectivity index (χ3v) is 10.6. The Hall–Kier alpha value is -5.32. The van der Waals surface area contributed by atoms with Gasteiger partial charge in [-0.2, -0.15) is 11.8 Å². The molecule has 0 radical (unpaired) electrons. The van der Waals surface area contributed by atoms with Crippen LogP contribution in [0.4, 0.5) is 0 Å². The number of aliphatic hydroxyl groups is 1. The number of aliphatic carboxylic acids is 1. The van der Waals surface area contributed by atoms with Crippen LogP contribution in [0.5, 0.6) is 0 Å². The zero-order valence-electron chi connectivity index (χ0n) is 35.8. The molecule has 8 atom stereocenters. The molecule has 21 N–H and O–H groups in total. The van der Waals surface area contributed by atoms with Gasteiger partial charge in [-0.15, -0.1) is 0 Å². The summed E-state index contributed by atoms with van der Waals surface area (Å²) in [4.78, 5) is 130. The summed E-state index contributed by atoms with van der Waals surface area (Å²) in [6.45, 7) is 0.872. The first-order valence-corrected chi connectivity index (χ1v) is 22.9. The second-order valence-corrected chi connectivity index (χ2v) is 16.7. The number of aliphatic hydroxyl groups excluding tert-OH is 1. The highest BCUT2D eigenvalue weighted by Crippen LogP contribution is 2.38. The number of guanidine groups is 2. The van der Waals surface area contributed by atoms with Crippen LogP contribution >= 0.6 is 19.6 Å². The van der Waals surface area contributed by atoms with Crippen molar-refractivity contribution < 1.29 is 72.4 Å². The Kier molecular flexibility index (Phi) is 25.2. The van der Waals surface area contributed by atoms with Crippen molar-refractivity contribution in [2.75, 3.05) is 44.8 Å². The number of carboxylic acid groups (broad SMARTS) is 1. The number of nitrogens with zero attached hydrogens (tertiary/aromatic N) is 2. The average molecular weight is 956 g/mol. The van der Waals surface area contributed by atoms with Gasteiger partial charge in [0.1, 0.15) is 36.3 Å². The van der Waals surface area contributed by atoms with Gasteiger partial charge in [0, 0.05) is 13.1 Å². The average Bonchev–Trinajstić information content (AvgIpc) is 3.71. The minimum Gasteiger partial charge on any atom is -0.480 e. The first kappa shape index (κ1) is 56.7. The number of phosphoric ester groups is 1. The predicted molar refractivity (Wildman–Crippen MR) is 230 cm³/mol. The van der Waals surface area contributed by atoms with Gasteiger partial charge in [-0.05, 0) is 70.8 Å². The molecule has 0 aromatic heterocycles. The van der Waals surface area contributed by atoms with Gasteiger partial charge in [0.2, 0.25) is 41.4 Å². The lowest BCUT2D eigenvalue weighted by molar-refractivity contribution is -0.459. The van der Waals surface area contributed by atoms with Crippen molar-refractivity contribution in [3.8, 4) is 0 Å². The van der Waals surface area contributed by atoms with E-state index in [1.54, 1.807) is 6.26 Å². The summed E-state index contributed by atoms with van der Waals surface area (Å²) >= 11 is 1.37. The molecule has 1 heterocycles. The second-order valence-electron chi connectivity index (χ2n) is 14.5. The first-order chi connectivity index (χ1) is 29.9. The number of hydrogen-bond donors (Lipinski definition) is 16. The van der Waals surface area contributed by atoms with E-state index in [4.69, 9.17) is 28.7 Å². The van der Waals surface area contributed by atoms with Crippen LogP contribution in [0, 0.1) is 0 Å². The zero-order chi connectivity index (χ0) is 48.7. The number of carbonyl (C=O) groups excluding carboxylic acids is 7. The number of likely N-dealkylation sites (tertiary alicyclic amines) is 1. The van der Waals surface area contributed by atoms with E-state index >= 15 is 0 Å². The van der Waals surface area contributed by atoms with Crippen LogP contribution in [0.2, 0.25) is 0 Å². The van der Waals surface area contributed by atoms with Gasteiger partial charge in [-0.1, -0.05) is 0 Å². The van der Waals surface area contributed by atoms with Crippen LogP contribution in [0.25, 0.3) is 0 Å². The van der Waals surface area contributed by atoms with Gasteiger partial charge in [-0.3, -0.25) is 59.5 Å². The molecule has 1 aliphatic heterocycles. The summed E-state index contributed by atoms with van der Waals surface area (Å²) in [7, 11) is -5.27. The van der Waals surface area contributed by atoms with Crippen LogP contribution in [0.15, 0.2) is 4.99 Å². The predicted octanol–water partition coefficient (Wildman–Crippen LogP) is -8.62. The summed E-state index contributed by atoms with van der Waals surface area (Å²) in [5.74, 6) is -7.56. The Morgan fingerprint density at radius 2 is 1.52 bits per heavy atom. The molecule has 64 heavy (non-hydrogen) atoms. The number of aliphatic imine (C=N–C) groups is 1. The summed E-state index contributed by atoms with van der Waals surface area (Å²) < 4.78 is 16.2. The fourth-order valence-electron chi connectivity index (χ4n) is 6.04. The van der Waals surface area contributed by atoms with Gasteiger partial charge in [0.05, 0.1) is 31.8 Å². The first-order valence-electron chi connectivity index (χ1n) is 20.0. The Balaban J connectivity index is 3.09. The molecule has 0 unspecified atom stereocenters. The Morgan fingerprint density at radius 1 is 0.875 bits per heavy atom. The number of thioether (sulfide) groups is 1. The molecule has 1 fully saturated rings. The van der Waals surface area contributed by atoms with Crippen LogP contribution < -0.4 is 65.6 Å². The Bertz CT molecular complexity index is 1730. The second kappa shape index (κ2) is 28.5. The Labute approximate surface area is 373 Å². The zero-order valence-corrected chi connectivity index (χ0v) is 37.5. The molecule has 1 aliphatic rings. The molecule has 0 spiro atoms. The summed E-state index contributed by atoms with van der Waals surface area (Å²) in [5, 5.41) is 33.8. The maximum absolute atomic E-state index is 13.7. The number of phosphoric acid groups is 1. The van der Waals surface area contributed by atoms with E-state index in [2.05, 4.69) is 46.4 Å². The molecule has 0 aromatic rings. The number of carboxylic acids is 1. The van der Waals surface area contributed by atoms with Crippen molar-refractivity contribution >= 4 is 78.8 Å². The maximum Gasteiger partial charge on any atom is 0.469 e. The third kappa shape index (κ3) is 21.4. The van der Waals surface area contributed by atoms with Gasteiger partial charge >= 0.3 is 19.8 Å². The number of nitrogens with one attached hydrogen (secondary N) is 7. The third-order valence-electron chi connectivity index (χ3n) is 9.34. The SMILES string of the molecule is CSCC[C@H](NC(=O)[C@H](CCC[NH+]=C(N)N)NC(=O)[C@H](C)NC(=O)[C@@H]1CCCN1C(=O)[C@H](CO)NC(=O)[C@@H](NC(=O)CNC(=O)[C@@H](N)CCCN=C(N)N)[C@@H](C)OP(=O)(O)O)C(=O)O. The normalized spacial score (nSPS) is 16.9. The smallest absolute Gasteiger partial charge is 0.469 e. The molecule has 0 saturated carbocycles. The summed E-state index contributed by atoms with van der Waals surface area (Å²) in [5.41, 5.74) is 27.2. The molecular formula is C34H64N14O14PS+. The quantitative estimate of drug-likeness (QED) is 0.0143. The highest BCUT2D eigenvalue weighted by molar-refractivity contribution is 7.98. The minimum absolute atomic E-state index is 0.0101. The van der Waals surface area contributed by atoms with Crippen molar-refractivity contribution in [3.63, 3.8) is 0 Å². The van der Waals surface area contributed by atoms with Crippen molar-refractivity contribution in [1.29, 1.82) is 0 Å². The lowest BCUT2D eigenvalue weighted by atomic mass is 10.1. The fourth-order valence-corrected chi connectivity index (χ4v) is 7.07. The van der Waals surface area contributed by atoms with E-state index in [0.29, 0.717) is 12.2 Å². The van der Waals surface area contributed by atoms with Crippen molar-refractivity contribution in [3.05, 3.63) is 0 Å². The minimum atomic E-state index is -5.27. The summed E-state index contributed by atoms with van der Waals surface area (Å²) in [6.07, 6.45) is 1.20. The Morgan fingerprint density at radius 3 is 2.09 bits per heavy atom. The molecule has 0 aromatic carbocycles. The molecule has 1 rings (SSSR count). The highest BCUT2D eigenvalue weighted by Gasteiger charge is 2.40.